The minimum Gasteiger partial charge on any atom is -0.250 e. The van der Waals surface area contributed by atoms with Crippen LogP contribution in [-0.2, 0) is 6.42 Å². The summed E-state index contributed by atoms with van der Waals surface area (Å²) in [7, 11) is 0. The van der Waals surface area contributed by atoms with Crippen LogP contribution in [0.15, 0.2) is 30.3 Å². The first-order chi connectivity index (χ1) is 8.61. The highest BCUT2D eigenvalue weighted by atomic mass is 35.5. The number of aromatic nitrogens is 1. The predicted molar refractivity (Wildman–Crippen MR) is 74.0 cm³/mol. The number of nitriles is 1. The second-order valence-electron chi connectivity index (χ2n) is 3.60. The molecule has 2 rings (SSSR count). The van der Waals surface area contributed by atoms with E-state index in [0.717, 1.165) is 5.56 Å². The van der Waals surface area contributed by atoms with Crippen LogP contribution in [-0.4, -0.2) is 4.98 Å². The Morgan fingerprint density at radius 3 is 2.39 bits per heavy atom. The summed E-state index contributed by atoms with van der Waals surface area (Å²) in [5.41, 5.74) is 2.04. The number of rotatable bonds is 2. The third-order valence-corrected chi connectivity index (χ3v) is 3.40. The molecule has 18 heavy (non-hydrogen) atoms. The molecule has 0 spiro atoms. The molecule has 0 amide bonds. The molecule has 0 unspecified atom stereocenters. The molecule has 2 aromatic rings. The average molecular weight is 298 g/mol. The molecule has 0 fully saturated rings. The maximum absolute atomic E-state index is 8.67. The average Bonchev–Trinajstić information content (AvgIpc) is 2.35. The van der Waals surface area contributed by atoms with Gasteiger partial charge in [0.15, 0.2) is 0 Å². The van der Waals surface area contributed by atoms with Gasteiger partial charge in [-0.2, -0.15) is 5.26 Å². The lowest BCUT2D eigenvalue weighted by molar-refractivity contribution is 1.12. The van der Waals surface area contributed by atoms with Gasteiger partial charge in [-0.15, -0.1) is 0 Å². The van der Waals surface area contributed by atoms with Crippen LogP contribution in [0, 0.1) is 11.3 Å². The van der Waals surface area contributed by atoms with Crippen LogP contribution in [0.25, 0.3) is 11.3 Å². The van der Waals surface area contributed by atoms with Crippen LogP contribution in [0.2, 0.25) is 15.1 Å². The van der Waals surface area contributed by atoms with E-state index in [9.17, 15) is 0 Å². The molecule has 90 valence electrons. The molecule has 0 aliphatic heterocycles. The molecule has 1 aromatic heterocycles. The van der Waals surface area contributed by atoms with Gasteiger partial charge in [-0.1, -0.05) is 40.9 Å². The lowest BCUT2D eigenvalue weighted by atomic mass is 10.1. The normalized spacial score (nSPS) is 10.1. The van der Waals surface area contributed by atoms with Crippen molar-refractivity contribution in [2.45, 2.75) is 6.42 Å². The molecular formula is C13H7Cl3N2. The lowest BCUT2D eigenvalue weighted by Crippen LogP contribution is -1.92. The molecule has 0 aliphatic carbocycles. The Hall–Kier alpha value is -1.27. The van der Waals surface area contributed by atoms with Gasteiger partial charge in [0.25, 0.3) is 0 Å². The van der Waals surface area contributed by atoms with E-state index >= 15 is 0 Å². The molecule has 5 heteroatoms. The van der Waals surface area contributed by atoms with E-state index in [0.29, 0.717) is 26.5 Å². The first-order valence-corrected chi connectivity index (χ1v) is 6.23. The second-order valence-corrected chi connectivity index (χ2v) is 4.82. The van der Waals surface area contributed by atoms with Gasteiger partial charge in [0.1, 0.15) is 0 Å². The van der Waals surface area contributed by atoms with E-state index in [1.54, 1.807) is 30.3 Å². The number of pyridine rings is 1. The van der Waals surface area contributed by atoms with Gasteiger partial charge in [0.05, 0.1) is 38.9 Å². The maximum atomic E-state index is 8.67. The molecule has 0 aliphatic rings. The topological polar surface area (TPSA) is 36.7 Å². The Balaban J connectivity index is 2.52. The minimum atomic E-state index is 0.242. The van der Waals surface area contributed by atoms with Crippen LogP contribution < -0.4 is 0 Å². The van der Waals surface area contributed by atoms with E-state index in [1.165, 1.54) is 0 Å². The zero-order chi connectivity index (χ0) is 13.1. The van der Waals surface area contributed by atoms with Gasteiger partial charge in [0, 0.05) is 5.56 Å². The summed E-state index contributed by atoms with van der Waals surface area (Å²) < 4.78 is 0. The molecule has 0 saturated heterocycles. The van der Waals surface area contributed by atoms with Crippen LogP contribution in [0.1, 0.15) is 5.69 Å². The Morgan fingerprint density at radius 1 is 1.00 bits per heavy atom. The first kappa shape index (κ1) is 13.2. The largest absolute Gasteiger partial charge is 0.250 e. The zero-order valence-corrected chi connectivity index (χ0v) is 11.4. The third kappa shape index (κ3) is 2.76. The van der Waals surface area contributed by atoms with Gasteiger partial charge < -0.3 is 0 Å². The fourth-order valence-electron chi connectivity index (χ4n) is 1.51. The highest BCUT2D eigenvalue weighted by Gasteiger charge is 2.08. The Bertz CT molecular complexity index is 633. The van der Waals surface area contributed by atoms with Gasteiger partial charge >= 0.3 is 0 Å². The Morgan fingerprint density at radius 2 is 1.72 bits per heavy atom. The van der Waals surface area contributed by atoms with Crippen LogP contribution in [0.5, 0.6) is 0 Å². The van der Waals surface area contributed by atoms with Crippen LogP contribution in [0.3, 0.4) is 0 Å². The van der Waals surface area contributed by atoms with Crippen molar-refractivity contribution in [3.05, 3.63) is 51.1 Å². The molecule has 1 aromatic carbocycles. The molecule has 2 nitrogen and oxygen atoms in total. The van der Waals surface area contributed by atoms with Crippen molar-refractivity contribution in [2.75, 3.05) is 0 Å². The summed E-state index contributed by atoms with van der Waals surface area (Å²) in [5.74, 6) is 0. The molecule has 0 bridgehead atoms. The van der Waals surface area contributed by atoms with E-state index in [-0.39, 0.29) is 6.42 Å². The summed E-state index contributed by atoms with van der Waals surface area (Å²) in [6.45, 7) is 0. The van der Waals surface area contributed by atoms with Crippen molar-refractivity contribution in [3.8, 4) is 17.3 Å². The summed E-state index contributed by atoms with van der Waals surface area (Å²) >= 11 is 17.9. The number of hydrogen-bond donors (Lipinski definition) is 0. The van der Waals surface area contributed by atoms with E-state index in [4.69, 9.17) is 40.1 Å². The number of halogens is 3. The van der Waals surface area contributed by atoms with E-state index in [2.05, 4.69) is 4.98 Å². The fraction of sp³-hybridized carbons (Fsp3) is 0.0769. The molecule has 0 atom stereocenters. The Kier molecular flexibility index (Phi) is 4.08. The molecular weight excluding hydrogens is 291 g/mol. The van der Waals surface area contributed by atoms with Crippen molar-refractivity contribution < 1.29 is 0 Å². The lowest BCUT2D eigenvalue weighted by Gasteiger charge is -2.06. The summed E-state index contributed by atoms with van der Waals surface area (Å²) in [4.78, 5) is 4.35. The van der Waals surface area contributed by atoms with Gasteiger partial charge in [-0.25, -0.2) is 0 Å². The van der Waals surface area contributed by atoms with Crippen molar-refractivity contribution >= 4 is 34.8 Å². The molecule has 1 heterocycles. The minimum absolute atomic E-state index is 0.242. The highest BCUT2D eigenvalue weighted by molar-refractivity contribution is 6.42. The van der Waals surface area contributed by atoms with Crippen molar-refractivity contribution in [2.24, 2.45) is 0 Å². The van der Waals surface area contributed by atoms with Crippen molar-refractivity contribution in [1.29, 1.82) is 5.26 Å². The smallest absolute Gasteiger partial charge is 0.0892 e. The molecule has 0 saturated carbocycles. The van der Waals surface area contributed by atoms with E-state index < -0.39 is 0 Å². The fourth-order valence-corrected chi connectivity index (χ4v) is 2.02. The first-order valence-electron chi connectivity index (χ1n) is 5.09. The molecule has 0 N–H and O–H groups in total. The van der Waals surface area contributed by atoms with Gasteiger partial charge in [-0.05, 0) is 24.3 Å². The second kappa shape index (κ2) is 5.58. The van der Waals surface area contributed by atoms with E-state index in [1.807, 2.05) is 6.07 Å². The van der Waals surface area contributed by atoms with Crippen LogP contribution in [0.4, 0.5) is 0 Å². The molecule has 0 radical (unpaired) electrons. The third-order valence-electron chi connectivity index (χ3n) is 2.36. The van der Waals surface area contributed by atoms with Crippen LogP contribution >= 0.6 is 34.8 Å². The zero-order valence-electron chi connectivity index (χ0n) is 9.12. The van der Waals surface area contributed by atoms with Crippen molar-refractivity contribution in [1.82, 2.24) is 4.98 Å². The van der Waals surface area contributed by atoms with Gasteiger partial charge in [-0.3, -0.25) is 4.98 Å². The SMILES string of the molecule is N#CCc1ccc(Cl)c(-c2ccc(Cl)c(Cl)c2)n1. The Labute approximate surface area is 120 Å². The standard InChI is InChI=1S/C13H7Cl3N2/c14-10-3-1-8(7-12(10)16)13-11(15)4-2-9(18-13)5-6-17/h1-4,7H,5H2. The summed E-state index contributed by atoms with van der Waals surface area (Å²) in [6, 6.07) is 10.7. The monoisotopic (exact) mass is 296 g/mol. The number of nitrogens with zero attached hydrogens (tertiary/aromatic N) is 2. The number of benzene rings is 1. The summed E-state index contributed by atoms with van der Waals surface area (Å²) in [5, 5.41) is 10.1. The number of hydrogen-bond acceptors (Lipinski definition) is 2. The quantitative estimate of drug-likeness (QED) is 0.800. The van der Waals surface area contributed by atoms with Gasteiger partial charge in [0.2, 0.25) is 0 Å². The maximum Gasteiger partial charge on any atom is 0.0892 e. The predicted octanol–water partition coefficient (Wildman–Crippen LogP) is 4.77. The van der Waals surface area contributed by atoms with Crippen molar-refractivity contribution in [3.63, 3.8) is 0 Å². The highest BCUT2D eigenvalue weighted by Crippen LogP contribution is 2.31. The summed E-state index contributed by atoms with van der Waals surface area (Å²) in [6.07, 6.45) is 0.242.